The van der Waals surface area contributed by atoms with Gasteiger partial charge in [0, 0.05) is 19.0 Å². The highest BCUT2D eigenvalue weighted by Crippen LogP contribution is 2.28. The fraction of sp³-hybridized carbons (Fsp3) is 0.400. The second-order valence-corrected chi connectivity index (χ2v) is 4.83. The summed E-state index contributed by atoms with van der Waals surface area (Å²) in [5.41, 5.74) is 0.997. The van der Waals surface area contributed by atoms with Crippen LogP contribution in [-0.4, -0.2) is 39.7 Å². The third kappa shape index (κ3) is 3.59. The molecule has 0 saturated carbocycles. The molecule has 0 aliphatic heterocycles. The van der Waals surface area contributed by atoms with Crippen LogP contribution in [0.25, 0.3) is 0 Å². The molecule has 0 spiro atoms. The van der Waals surface area contributed by atoms with Crippen LogP contribution in [0.15, 0.2) is 36.9 Å². The minimum absolute atomic E-state index is 0.0515. The van der Waals surface area contributed by atoms with E-state index in [1.807, 2.05) is 31.2 Å². The van der Waals surface area contributed by atoms with Crippen molar-refractivity contribution in [3.8, 4) is 5.75 Å². The maximum Gasteiger partial charge on any atom is 0.224 e. The fourth-order valence-corrected chi connectivity index (χ4v) is 2.17. The standard InChI is InChI=1S/C15H20N4O2/c1-12(13-6-4-5-7-14(13)21-3)18(2)15(20)8-9-19-11-16-10-17-19/h4-7,10-12H,8-9H2,1-3H3/t12-/m1/s1. The van der Waals surface area contributed by atoms with E-state index < -0.39 is 0 Å². The lowest BCUT2D eigenvalue weighted by atomic mass is 10.1. The van der Waals surface area contributed by atoms with Gasteiger partial charge in [-0.3, -0.25) is 9.48 Å². The largest absolute Gasteiger partial charge is 0.496 e. The van der Waals surface area contributed by atoms with Crippen molar-refractivity contribution in [2.45, 2.75) is 25.9 Å². The Morgan fingerprint density at radius 2 is 2.19 bits per heavy atom. The van der Waals surface area contributed by atoms with E-state index in [-0.39, 0.29) is 11.9 Å². The van der Waals surface area contributed by atoms with Crippen LogP contribution in [0, 0.1) is 0 Å². The van der Waals surface area contributed by atoms with Gasteiger partial charge in [0.2, 0.25) is 5.91 Å². The van der Waals surface area contributed by atoms with Crippen LogP contribution >= 0.6 is 0 Å². The lowest BCUT2D eigenvalue weighted by molar-refractivity contribution is -0.132. The normalized spacial score (nSPS) is 12.0. The number of amides is 1. The minimum atomic E-state index is -0.0515. The summed E-state index contributed by atoms with van der Waals surface area (Å²) >= 11 is 0. The molecule has 0 radical (unpaired) electrons. The summed E-state index contributed by atoms with van der Waals surface area (Å²) in [5, 5.41) is 3.99. The maximum absolute atomic E-state index is 12.3. The van der Waals surface area contributed by atoms with Crippen LogP contribution in [0.5, 0.6) is 5.75 Å². The monoisotopic (exact) mass is 288 g/mol. The van der Waals surface area contributed by atoms with Gasteiger partial charge in [0.05, 0.1) is 19.7 Å². The van der Waals surface area contributed by atoms with Gasteiger partial charge in [-0.25, -0.2) is 4.98 Å². The van der Waals surface area contributed by atoms with E-state index in [1.165, 1.54) is 6.33 Å². The zero-order valence-electron chi connectivity index (χ0n) is 12.6. The Hall–Kier alpha value is -2.37. The molecule has 0 aliphatic rings. The Bertz CT molecular complexity index is 583. The number of hydrogen-bond acceptors (Lipinski definition) is 4. The number of aryl methyl sites for hydroxylation is 1. The Labute approximate surface area is 124 Å². The van der Waals surface area contributed by atoms with Crippen molar-refractivity contribution in [2.75, 3.05) is 14.2 Å². The molecule has 1 aromatic heterocycles. The van der Waals surface area contributed by atoms with Gasteiger partial charge in [-0.1, -0.05) is 18.2 Å². The zero-order valence-corrected chi connectivity index (χ0v) is 12.6. The average molecular weight is 288 g/mol. The molecule has 6 heteroatoms. The zero-order chi connectivity index (χ0) is 15.2. The van der Waals surface area contributed by atoms with Crippen molar-refractivity contribution in [3.05, 3.63) is 42.5 Å². The highest BCUT2D eigenvalue weighted by Gasteiger charge is 2.19. The maximum atomic E-state index is 12.3. The summed E-state index contributed by atoms with van der Waals surface area (Å²) in [6, 6.07) is 7.69. The summed E-state index contributed by atoms with van der Waals surface area (Å²) in [4.78, 5) is 17.9. The second-order valence-electron chi connectivity index (χ2n) is 4.83. The Kier molecular flexibility index (Phi) is 4.92. The molecule has 2 rings (SSSR count). The van der Waals surface area contributed by atoms with E-state index in [2.05, 4.69) is 10.1 Å². The van der Waals surface area contributed by atoms with Crippen molar-refractivity contribution < 1.29 is 9.53 Å². The number of methoxy groups -OCH3 is 1. The molecule has 0 bridgehead atoms. The van der Waals surface area contributed by atoms with E-state index in [0.29, 0.717) is 13.0 Å². The van der Waals surface area contributed by atoms with E-state index in [1.54, 1.807) is 30.1 Å². The molecule has 0 aliphatic carbocycles. The first-order valence-corrected chi connectivity index (χ1v) is 6.84. The van der Waals surface area contributed by atoms with E-state index >= 15 is 0 Å². The Morgan fingerprint density at radius 3 is 2.86 bits per heavy atom. The first-order valence-electron chi connectivity index (χ1n) is 6.84. The molecule has 2 aromatic rings. The summed E-state index contributed by atoms with van der Waals surface area (Å²) in [5.74, 6) is 0.852. The van der Waals surface area contributed by atoms with Crippen molar-refractivity contribution >= 4 is 5.91 Å². The van der Waals surface area contributed by atoms with Gasteiger partial charge in [-0.2, -0.15) is 5.10 Å². The van der Waals surface area contributed by atoms with Crippen LogP contribution in [0.1, 0.15) is 24.9 Å². The molecule has 21 heavy (non-hydrogen) atoms. The van der Waals surface area contributed by atoms with Crippen molar-refractivity contribution in [3.63, 3.8) is 0 Å². The van der Waals surface area contributed by atoms with Crippen LogP contribution in [0.4, 0.5) is 0 Å². The van der Waals surface area contributed by atoms with Gasteiger partial charge in [-0.05, 0) is 13.0 Å². The van der Waals surface area contributed by atoms with Gasteiger partial charge < -0.3 is 9.64 Å². The summed E-state index contributed by atoms with van der Waals surface area (Å²) in [7, 11) is 3.44. The number of ether oxygens (including phenoxy) is 1. The summed E-state index contributed by atoms with van der Waals surface area (Å²) in [6.45, 7) is 2.52. The lowest BCUT2D eigenvalue weighted by Gasteiger charge is -2.26. The molecule has 0 unspecified atom stereocenters. The van der Waals surface area contributed by atoms with Gasteiger partial charge >= 0.3 is 0 Å². The molecule has 1 aromatic carbocycles. The minimum Gasteiger partial charge on any atom is -0.496 e. The third-order valence-electron chi connectivity index (χ3n) is 3.58. The smallest absolute Gasteiger partial charge is 0.224 e. The molecular weight excluding hydrogens is 268 g/mol. The van der Waals surface area contributed by atoms with Crippen molar-refractivity contribution in [2.24, 2.45) is 0 Å². The molecule has 0 fully saturated rings. The van der Waals surface area contributed by atoms with E-state index in [0.717, 1.165) is 11.3 Å². The topological polar surface area (TPSA) is 60.2 Å². The quantitative estimate of drug-likeness (QED) is 0.814. The van der Waals surface area contributed by atoms with Crippen LogP contribution in [-0.2, 0) is 11.3 Å². The number of nitrogens with zero attached hydrogens (tertiary/aromatic N) is 4. The molecule has 1 amide bonds. The number of carbonyl (C=O) groups excluding carboxylic acids is 1. The molecule has 6 nitrogen and oxygen atoms in total. The summed E-state index contributed by atoms with van der Waals surface area (Å²) in [6.07, 6.45) is 3.46. The van der Waals surface area contributed by atoms with E-state index in [4.69, 9.17) is 4.74 Å². The Morgan fingerprint density at radius 1 is 1.43 bits per heavy atom. The number of carbonyl (C=O) groups is 1. The molecule has 1 atom stereocenters. The first-order chi connectivity index (χ1) is 10.1. The van der Waals surface area contributed by atoms with Gasteiger partial charge in [0.15, 0.2) is 0 Å². The van der Waals surface area contributed by atoms with Crippen molar-refractivity contribution in [1.82, 2.24) is 19.7 Å². The number of benzene rings is 1. The molecule has 112 valence electrons. The lowest BCUT2D eigenvalue weighted by Crippen LogP contribution is -2.30. The SMILES string of the molecule is COc1ccccc1[C@@H](C)N(C)C(=O)CCn1cncn1. The van der Waals surface area contributed by atoms with Crippen LogP contribution in [0.3, 0.4) is 0 Å². The second kappa shape index (κ2) is 6.88. The van der Waals surface area contributed by atoms with Gasteiger partial charge in [0.25, 0.3) is 0 Å². The van der Waals surface area contributed by atoms with Gasteiger partial charge in [-0.15, -0.1) is 0 Å². The first kappa shape index (κ1) is 15.0. The number of aromatic nitrogens is 3. The molecule has 1 heterocycles. The Balaban J connectivity index is 2.00. The third-order valence-corrected chi connectivity index (χ3v) is 3.58. The van der Waals surface area contributed by atoms with Crippen LogP contribution in [0.2, 0.25) is 0 Å². The summed E-state index contributed by atoms with van der Waals surface area (Å²) < 4.78 is 7.01. The highest BCUT2D eigenvalue weighted by molar-refractivity contribution is 5.76. The highest BCUT2D eigenvalue weighted by atomic mass is 16.5. The van der Waals surface area contributed by atoms with Crippen LogP contribution < -0.4 is 4.74 Å². The number of rotatable bonds is 6. The van der Waals surface area contributed by atoms with Gasteiger partial charge in [0.1, 0.15) is 18.4 Å². The predicted molar refractivity (Wildman–Crippen MR) is 78.8 cm³/mol. The number of para-hydroxylation sites is 1. The molecular formula is C15H20N4O2. The molecule has 0 saturated heterocycles. The predicted octanol–water partition coefficient (Wildman–Crippen LogP) is 1.90. The fourth-order valence-electron chi connectivity index (χ4n) is 2.17. The van der Waals surface area contributed by atoms with E-state index in [9.17, 15) is 4.79 Å². The van der Waals surface area contributed by atoms with Crippen molar-refractivity contribution in [1.29, 1.82) is 0 Å². The number of hydrogen-bond donors (Lipinski definition) is 0. The average Bonchev–Trinajstić information content (AvgIpc) is 3.04. The molecule has 0 N–H and O–H groups in total.